The average molecular weight is 871 g/mol. The molecule has 326 valence electrons. The molecule has 0 aliphatic heterocycles. The highest BCUT2D eigenvalue weighted by atomic mass is 32.2. The number of nitrogens with zero attached hydrogens (tertiary/aromatic N) is 2. The zero-order valence-electron chi connectivity index (χ0n) is 35.2. The number of carboxylic acids is 2. The Hall–Kier alpha value is -5.08. The van der Waals surface area contributed by atoms with Crippen molar-refractivity contribution in [1.82, 2.24) is 20.6 Å². The molecular weight excluding hydrogens is 813 g/mol. The maximum atomic E-state index is 12.9. The van der Waals surface area contributed by atoms with Crippen LogP contribution in [0.25, 0.3) is 0 Å². The van der Waals surface area contributed by atoms with Gasteiger partial charge in [0.05, 0.1) is 17.5 Å². The normalized spacial score (nSPS) is 14.3. The van der Waals surface area contributed by atoms with Crippen molar-refractivity contribution >= 4 is 47.3 Å². The first-order valence-corrected chi connectivity index (χ1v) is 23.4. The summed E-state index contributed by atoms with van der Waals surface area (Å²) in [4.78, 5) is 56.4. The van der Waals surface area contributed by atoms with Gasteiger partial charge in [0.1, 0.15) is 21.6 Å². The second kappa shape index (κ2) is 25.0. The molecule has 4 N–H and O–H groups in total. The summed E-state index contributed by atoms with van der Waals surface area (Å²) in [5, 5.41) is 25.4. The van der Waals surface area contributed by atoms with Crippen LogP contribution in [0.15, 0.2) is 82.8 Å². The minimum atomic E-state index is -0.870. The lowest BCUT2D eigenvalue weighted by molar-refractivity contribution is -0.137. The van der Waals surface area contributed by atoms with Gasteiger partial charge in [-0.15, -0.1) is 23.5 Å². The maximum Gasteiger partial charge on any atom is 0.307 e. The summed E-state index contributed by atoms with van der Waals surface area (Å²) < 4.78 is 11.7. The first kappa shape index (κ1) is 47.0. The number of aliphatic carboxylic acids is 2. The van der Waals surface area contributed by atoms with Gasteiger partial charge in [0, 0.05) is 30.6 Å². The lowest BCUT2D eigenvalue weighted by Crippen LogP contribution is -2.36. The molecule has 14 heteroatoms. The Balaban J connectivity index is 0.000000231. The molecule has 2 heterocycles. The predicted molar refractivity (Wildman–Crippen MR) is 240 cm³/mol. The third-order valence-electron chi connectivity index (χ3n) is 10.2. The van der Waals surface area contributed by atoms with Gasteiger partial charge in [0.25, 0.3) is 11.8 Å². The van der Waals surface area contributed by atoms with E-state index in [0.29, 0.717) is 56.4 Å². The number of nitrogens with one attached hydrogen (secondary N) is 2. The van der Waals surface area contributed by atoms with Crippen molar-refractivity contribution in [3.63, 3.8) is 0 Å². The Morgan fingerprint density at radius 1 is 0.590 bits per heavy atom. The van der Waals surface area contributed by atoms with Crippen LogP contribution >= 0.6 is 23.5 Å². The van der Waals surface area contributed by atoms with Crippen LogP contribution in [0.2, 0.25) is 0 Å². The Bertz CT molecular complexity index is 2040. The number of hydrogen-bond donors (Lipinski definition) is 4. The fraction of sp³-hybridized carbons (Fsp3) is 0.447. The van der Waals surface area contributed by atoms with Gasteiger partial charge in [0.15, 0.2) is 0 Å². The van der Waals surface area contributed by atoms with Crippen LogP contribution in [0.5, 0.6) is 23.3 Å². The summed E-state index contributed by atoms with van der Waals surface area (Å²) in [6.07, 6.45) is 13.8. The number of carbonyl (C=O) groups excluding carboxylic acids is 2. The van der Waals surface area contributed by atoms with Crippen molar-refractivity contribution < 1.29 is 38.9 Å². The number of carbonyl (C=O) groups is 4. The number of aryl methyl sites for hydroxylation is 1. The Morgan fingerprint density at radius 3 is 1.41 bits per heavy atom. The standard InChI is InChI=1S/C24H30N2O4S.C23H28N2O4S/c1-2-16-31-24-20(23(29)25-18-6-4-3-5-7-18)13-14-21(26-24)30-19-11-8-17(9-12-19)10-15-22(27)28;1-2-14-30-23-19(22(28)24-17-6-4-3-5-7-17)12-13-20(25-23)29-18-10-8-16(9-11-18)15-21(26)27/h8-9,11-14,18H,2-7,10,15-16H2,1H3,(H,25,29)(H,27,28);8-13,17H,2-7,14-15H2,1H3,(H,24,28)(H,26,27). The van der Waals surface area contributed by atoms with Crippen LogP contribution in [-0.4, -0.2) is 67.5 Å². The summed E-state index contributed by atoms with van der Waals surface area (Å²) >= 11 is 3.12. The number of thioether (sulfide) groups is 2. The number of pyridine rings is 2. The first-order valence-electron chi connectivity index (χ1n) is 21.5. The smallest absolute Gasteiger partial charge is 0.307 e. The maximum absolute atomic E-state index is 12.9. The third kappa shape index (κ3) is 16.0. The number of ether oxygens (including phenoxy) is 2. The Labute approximate surface area is 367 Å². The van der Waals surface area contributed by atoms with Gasteiger partial charge in [-0.2, -0.15) is 0 Å². The number of rotatable bonds is 19. The van der Waals surface area contributed by atoms with E-state index in [-0.39, 0.29) is 36.7 Å². The summed E-state index contributed by atoms with van der Waals surface area (Å²) in [7, 11) is 0. The van der Waals surface area contributed by atoms with Crippen molar-refractivity contribution in [2.24, 2.45) is 0 Å². The third-order valence-corrected chi connectivity index (χ3v) is 12.6. The molecule has 0 bridgehead atoms. The molecule has 0 spiro atoms. The van der Waals surface area contributed by atoms with Crippen molar-refractivity contribution in [1.29, 1.82) is 0 Å². The summed E-state index contributed by atoms with van der Waals surface area (Å²) in [6, 6.07) is 21.7. The molecular formula is C47H58N4O8S2. The molecule has 2 aromatic carbocycles. The van der Waals surface area contributed by atoms with Crippen LogP contribution in [0, 0.1) is 0 Å². The Morgan fingerprint density at radius 2 is 1.02 bits per heavy atom. The molecule has 12 nitrogen and oxygen atoms in total. The number of aromatic nitrogens is 2. The molecule has 0 atom stereocenters. The molecule has 2 fully saturated rings. The quantitative estimate of drug-likeness (QED) is 0.0657. The SMILES string of the molecule is CCCSc1nc(Oc2ccc(CC(=O)O)cc2)ccc1C(=O)NC1CCCCC1.CCCSc1nc(Oc2ccc(CCC(=O)O)cc2)ccc1C(=O)NC1CCCCC1. The molecule has 4 aromatic rings. The Kier molecular flexibility index (Phi) is 19.3. The fourth-order valence-electron chi connectivity index (χ4n) is 7.01. The van der Waals surface area contributed by atoms with Crippen LogP contribution in [0.4, 0.5) is 0 Å². The molecule has 0 radical (unpaired) electrons. The minimum absolute atomic E-state index is 0.0266. The van der Waals surface area contributed by atoms with Crippen LogP contribution in [-0.2, 0) is 22.4 Å². The van der Waals surface area contributed by atoms with E-state index in [2.05, 4.69) is 34.4 Å². The van der Waals surface area contributed by atoms with Crippen molar-refractivity contribution in [3.8, 4) is 23.3 Å². The lowest BCUT2D eigenvalue weighted by Gasteiger charge is -2.23. The summed E-state index contributed by atoms with van der Waals surface area (Å²) in [6.45, 7) is 4.19. The van der Waals surface area contributed by atoms with E-state index in [0.717, 1.165) is 55.6 Å². The minimum Gasteiger partial charge on any atom is -0.481 e. The fourth-order valence-corrected chi connectivity index (χ4v) is 8.75. The van der Waals surface area contributed by atoms with Crippen molar-refractivity contribution in [3.05, 3.63) is 95.1 Å². The van der Waals surface area contributed by atoms with Gasteiger partial charge in [-0.05, 0) is 104 Å². The topological polar surface area (TPSA) is 177 Å². The highest BCUT2D eigenvalue weighted by Crippen LogP contribution is 2.30. The van der Waals surface area contributed by atoms with Gasteiger partial charge in [-0.3, -0.25) is 19.2 Å². The van der Waals surface area contributed by atoms with Crippen LogP contribution in [0.1, 0.15) is 129 Å². The monoisotopic (exact) mass is 870 g/mol. The number of carboxylic acid groups (broad SMARTS) is 2. The van der Waals surface area contributed by atoms with Gasteiger partial charge >= 0.3 is 11.9 Å². The van der Waals surface area contributed by atoms with E-state index >= 15 is 0 Å². The zero-order chi connectivity index (χ0) is 43.4. The predicted octanol–water partition coefficient (Wildman–Crippen LogP) is 10.5. The molecule has 6 rings (SSSR count). The van der Waals surface area contributed by atoms with E-state index in [1.807, 2.05) is 12.1 Å². The second-order valence-corrected chi connectivity index (χ2v) is 17.4. The van der Waals surface area contributed by atoms with Gasteiger partial charge in [-0.1, -0.05) is 76.6 Å². The summed E-state index contributed by atoms with van der Waals surface area (Å²) in [5.41, 5.74) is 2.83. The highest BCUT2D eigenvalue weighted by Gasteiger charge is 2.22. The molecule has 2 aromatic heterocycles. The molecule has 0 unspecified atom stereocenters. The number of amides is 2. The van der Waals surface area contributed by atoms with Crippen LogP contribution < -0.4 is 20.1 Å². The van der Waals surface area contributed by atoms with Gasteiger partial charge in [-0.25, -0.2) is 9.97 Å². The second-order valence-electron chi connectivity index (χ2n) is 15.3. The van der Waals surface area contributed by atoms with E-state index in [1.54, 1.807) is 84.2 Å². The van der Waals surface area contributed by atoms with Crippen LogP contribution in [0.3, 0.4) is 0 Å². The molecule has 61 heavy (non-hydrogen) atoms. The van der Waals surface area contributed by atoms with E-state index in [4.69, 9.17) is 19.7 Å². The summed E-state index contributed by atoms with van der Waals surface area (Å²) in [5.74, 6) is 1.96. The van der Waals surface area contributed by atoms with E-state index in [1.165, 1.54) is 38.5 Å². The van der Waals surface area contributed by atoms with Gasteiger partial charge in [0.2, 0.25) is 11.8 Å². The zero-order valence-corrected chi connectivity index (χ0v) is 36.8. The van der Waals surface area contributed by atoms with Crippen molar-refractivity contribution in [2.45, 2.75) is 132 Å². The molecule has 2 aliphatic carbocycles. The molecule has 2 aliphatic rings. The lowest BCUT2D eigenvalue weighted by atomic mass is 9.95. The first-order chi connectivity index (χ1) is 29.6. The molecule has 2 amide bonds. The molecule has 2 saturated carbocycles. The number of benzene rings is 2. The molecule has 0 saturated heterocycles. The van der Waals surface area contributed by atoms with E-state index in [9.17, 15) is 19.2 Å². The van der Waals surface area contributed by atoms with Gasteiger partial charge < -0.3 is 30.3 Å². The van der Waals surface area contributed by atoms with Crippen molar-refractivity contribution in [2.75, 3.05) is 11.5 Å². The largest absolute Gasteiger partial charge is 0.481 e. The highest BCUT2D eigenvalue weighted by molar-refractivity contribution is 7.99. The average Bonchev–Trinajstić information content (AvgIpc) is 3.26. The number of hydrogen-bond acceptors (Lipinski definition) is 10. The van der Waals surface area contributed by atoms with E-state index < -0.39 is 11.9 Å².